The highest BCUT2D eigenvalue weighted by atomic mass is 32.2. The van der Waals surface area contributed by atoms with Gasteiger partial charge in [-0.05, 0) is 77.9 Å². The standard InChI is InChI=1S/C24H32N2O6S/c1-7-31-19-12-14-20(15-13-19)33(29,30)25-22-11-9-8-10-21(22)24(28)32-18(6)23(27)26(16(2)3)17(4)5/h8-18,25H,7H2,1-6H3. The second-order valence-corrected chi connectivity index (χ2v) is 9.72. The fourth-order valence-electron chi connectivity index (χ4n) is 3.43. The number of sulfonamides is 1. The third-order valence-corrected chi connectivity index (χ3v) is 6.22. The molecular weight excluding hydrogens is 444 g/mol. The molecule has 33 heavy (non-hydrogen) atoms. The first-order valence-corrected chi connectivity index (χ1v) is 12.3. The van der Waals surface area contributed by atoms with Crippen molar-refractivity contribution in [2.75, 3.05) is 11.3 Å². The number of hydrogen-bond acceptors (Lipinski definition) is 6. The molecule has 1 atom stereocenters. The number of amides is 1. The number of esters is 1. The number of nitrogens with one attached hydrogen (secondary N) is 1. The molecule has 0 bridgehead atoms. The maximum Gasteiger partial charge on any atom is 0.341 e. The lowest BCUT2D eigenvalue weighted by Gasteiger charge is -2.32. The minimum atomic E-state index is -3.97. The van der Waals surface area contributed by atoms with E-state index >= 15 is 0 Å². The number of benzene rings is 2. The molecule has 0 saturated heterocycles. The monoisotopic (exact) mass is 476 g/mol. The molecule has 2 aromatic carbocycles. The maximum absolute atomic E-state index is 12.9. The zero-order valence-corrected chi connectivity index (χ0v) is 20.7. The molecule has 0 aliphatic heterocycles. The topological polar surface area (TPSA) is 102 Å². The van der Waals surface area contributed by atoms with E-state index in [4.69, 9.17) is 9.47 Å². The number of rotatable bonds is 10. The van der Waals surface area contributed by atoms with Gasteiger partial charge in [-0.25, -0.2) is 13.2 Å². The van der Waals surface area contributed by atoms with Crippen LogP contribution in [0.1, 0.15) is 51.9 Å². The largest absolute Gasteiger partial charge is 0.494 e. The number of hydrogen-bond donors (Lipinski definition) is 1. The van der Waals surface area contributed by atoms with E-state index in [-0.39, 0.29) is 34.1 Å². The van der Waals surface area contributed by atoms with Gasteiger partial charge in [0.25, 0.3) is 15.9 Å². The van der Waals surface area contributed by atoms with Crippen molar-refractivity contribution in [2.45, 2.75) is 64.6 Å². The average molecular weight is 477 g/mol. The van der Waals surface area contributed by atoms with Gasteiger partial charge in [0.2, 0.25) is 0 Å². The number of carbonyl (C=O) groups excluding carboxylic acids is 2. The summed E-state index contributed by atoms with van der Waals surface area (Å²) >= 11 is 0. The molecule has 2 rings (SSSR count). The van der Waals surface area contributed by atoms with Crippen molar-refractivity contribution < 1.29 is 27.5 Å². The molecule has 0 aliphatic carbocycles. The van der Waals surface area contributed by atoms with E-state index in [0.717, 1.165) is 0 Å². The van der Waals surface area contributed by atoms with Gasteiger partial charge in [0, 0.05) is 12.1 Å². The van der Waals surface area contributed by atoms with Gasteiger partial charge in [0.15, 0.2) is 6.10 Å². The lowest BCUT2D eigenvalue weighted by atomic mass is 10.1. The van der Waals surface area contributed by atoms with Crippen molar-refractivity contribution in [3.8, 4) is 5.75 Å². The van der Waals surface area contributed by atoms with E-state index in [1.165, 1.54) is 31.2 Å². The van der Waals surface area contributed by atoms with Gasteiger partial charge >= 0.3 is 5.97 Å². The first-order valence-electron chi connectivity index (χ1n) is 10.9. The van der Waals surface area contributed by atoms with Crippen molar-refractivity contribution in [2.24, 2.45) is 0 Å². The highest BCUT2D eigenvalue weighted by molar-refractivity contribution is 7.92. The summed E-state index contributed by atoms with van der Waals surface area (Å²) in [5.74, 6) is -0.565. The molecule has 8 nitrogen and oxygen atoms in total. The van der Waals surface area contributed by atoms with E-state index in [9.17, 15) is 18.0 Å². The van der Waals surface area contributed by atoms with Gasteiger partial charge in [0.1, 0.15) is 5.75 Å². The Hall–Kier alpha value is -3.07. The number of nitrogens with zero attached hydrogens (tertiary/aromatic N) is 1. The van der Waals surface area contributed by atoms with Gasteiger partial charge in [-0.1, -0.05) is 12.1 Å². The SMILES string of the molecule is CCOc1ccc(S(=O)(=O)Nc2ccccc2C(=O)OC(C)C(=O)N(C(C)C)C(C)C)cc1. The van der Waals surface area contributed by atoms with Gasteiger partial charge in [0.05, 0.1) is 22.8 Å². The number of ether oxygens (including phenoxy) is 2. The lowest BCUT2D eigenvalue weighted by Crippen LogP contribution is -2.47. The summed E-state index contributed by atoms with van der Waals surface area (Å²) in [6.45, 7) is 11.3. The van der Waals surface area contributed by atoms with Crippen LogP contribution in [-0.2, 0) is 19.6 Å². The fraction of sp³-hybridized carbons (Fsp3) is 0.417. The van der Waals surface area contributed by atoms with Crippen molar-refractivity contribution >= 4 is 27.6 Å². The average Bonchev–Trinajstić information content (AvgIpc) is 2.73. The van der Waals surface area contributed by atoms with Gasteiger partial charge in [-0.2, -0.15) is 0 Å². The van der Waals surface area contributed by atoms with E-state index in [2.05, 4.69) is 4.72 Å². The summed E-state index contributed by atoms with van der Waals surface area (Å²) in [5, 5.41) is 0. The molecule has 0 saturated carbocycles. The Balaban J connectivity index is 2.22. The zero-order chi connectivity index (χ0) is 24.8. The highest BCUT2D eigenvalue weighted by Gasteiger charge is 2.29. The summed E-state index contributed by atoms with van der Waals surface area (Å²) in [5.41, 5.74) is 0.0629. The molecule has 2 aromatic rings. The van der Waals surface area contributed by atoms with Crippen LogP contribution in [0.5, 0.6) is 5.75 Å². The molecule has 0 aromatic heterocycles. The summed E-state index contributed by atoms with van der Waals surface area (Å²) in [4.78, 5) is 27.3. The Morgan fingerprint density at radius 1 is 0.939 bits per heavy atom. The number of para-hydroxylation sites is 1. The van der Waals surface area contributed by atoms with Crippen molar-refractivity contribution in [1.29, 1.82) is 0 Å². The van der Waals surface area contributed by atoms with Crippen molar-refractivity contribution in [3.05, 3.63) is 54.1 Å². The molecule has 0 aliphatic rings. The lowest BCUT2D eigenvalue weighted by molar-refractivity contribution is -0.143. The van der Waals surface area contributed by atoms with Gasteiger partial charge in [-0.15, -0.1) is 0 Å². The Labute approximate surface area is 195 Å². The Morgan fingerprint density at radius 3 is 2.06 bits per heavy atom. The third kappa shape index (κ3) is 6.71. The van der Waals surface area contributed by atoms with Crippen LogP contribution in [0, 0.1) is 0 Å². The zero-order valence-electron chi connectivity index (χ0n) is 19.9. The molecular formula is C24H32N2O6S. The van der Waals surface area contributed by atoms with Crippen LogP contribution in [0.15, 0.2) is 53.4 Å². The minimum absolute atomic E-state index is 0.00676. The van der Waals surface area contributed by atoms with Gasteiger partial charge < -0.3 is 14.4 Å². The maximum atomic E-state index is 12.9. The van der Waals surface area contributed by atoms with Crippen LogP contribution in [0.25, 0.3) is 0 Å². The highest BCUT2D eigenvalue weighted by Crippen LogP contribution is 2.23. The Bertz CT molecular complexity index is 1060. The first kappa shape index (κ1) is 26.2. The van der Waals surface area contributed by atoms with E-state index in [1.807, 2.05) is 34.6 Å². The quantitative estimate of drug-likeness (QED) is 0.519. The second kappa shape index (κ2) is 11.2. The molecule has 180 valence electrons. The van der Waals surface area contributed by atoms with Crippen LogP contribution in [-0.4, -0.2) is 50.0 Å². The molecule has 0 spiro atoms. The smallest absolute Gasteiger partial charge is 0.341 e. The summed E-state index contributed by atoms with van der Waals surface area (Å²) in [7, 11) is -3.97. The predicted molar refractivity (Wildman–Crippen MR) is 127 cm³/mol. The van der Waals surface area contributed by atoms with E-state index in [1.54, 1.807) is 29.2 Å². The molecule has 0 heterocycles. The fourth-order valence-corrected chi connectivity index (χ4v) is 4.50. The summed E-state index contributed by atoms with van der Waals surface area (Å²) in [6, 6.07) is 11.9. The van der Waals surface area contributed by atoms with Crippen LogP contribution < -0.4 is 9.46 Å². The molecule has 1 unspecified atom stereocenters. The minimum Gasteiger partial charge on any atom is -0.494 e. The molecule has 0 fully saturated rings. The molecule has 1 N–H and O–H groups in total. The Morgan fingerprint density at radius 2 is 1.52 bits per heavy atom. The second-order valence-electron chi connectivity index (χ2n) is 8.04. The van der Waals surface area contributed by atoms with Crippen LogP contribution >= 0.6 is 0 Å². The van der Waals surface area contributed by atoms with Crippen molar-refractivity contribution in [3.63, 3.8) is 0 Å². The number of anilines is 1. The van der Waals surface area contributed by atoms with Crippen LogP contribution in [0.2, 0.25) is 0 Å². The van der Waals surface area contributed by atoms with Crippen LogP contribution in [0.3, 0.4) is 0 Å². The normalized spacial score (nSPS) is 12.4. The van der Waals surface area contributed by atoms with E-state index in [0.29, 0.717) is 12.4 Å². The molecule has 0 radical (unpaired) electrons. The van der Waals surface area contributed by atoms with Crippen LogP contribution in [0.4, 0.5) is 5.69 Å². The predicted octanol–water partition coefficient (Wildman–Crippen LogP) is 4.08. The summed E-state index contributed by atoms with van der Waals surface area (Å²) in [6.07, 6.45) is -1.03. The van der Waals surface area contributed by atoms with E-state index < -0.39 is 22.1 Å². The molecule has 1 amide bonds. The Kier molecular flexibility index (Phi) is 8.87. The third-order valence-electron chi connectivity index (χ3n) is 4.84. The molecule has 9 heteroatoms. The van der Waals surface area contributed by atoms with Gasteiger partial charge in [-0.3, -0.25) is 9.52 Å². The first-order chi connectivity index (χ1) is 15.5. The van der Waals surface area contributed by atoms with Crippen molar-refractivity contribution in [1.82, 2.24) is 4.90 Å². The summed E-state index contributed by atoms with van der Waals surface area (Å²) < 4.78 is 38.9. The number of carbonyl (C=O) groups is 2.